The summed E-state index contributed by atoms with van der Waals surface area (Å²) in [5.41, 5.74) is 5.50. The molecule has 1 fully saturated rings. The zero-order valence-electron chi connectivity index (χ0n) is 7.79. The number of likely N-dealkylation sites (N-methyl/N-ethyl adjacent to an activating group) is 1. The molecule has 1 rings (SSSR count). The molecule has 0 bridgehead atoms. The standard InChI is InChI=1S/C8H17N3S/c1-7-5-10(2)3-4-11(7)6-8(9)12/h7H,3-6H2,1-2H3,(H2,9,12). The average molecular weight is 187 g/mol. The molecule has 0 radical (unpaired) electrons. The maximum Gasteiger partial charge on any atom is 0.0870 e. The summed E-state index contributed by atoms with van der Waals surface area (Å²) in [5.74, 6) is 0. The van der Waals surface area contributed by atoms with Crippen molar-refractivity contribution in [1.82, 2.24) is 9.80 Å². The molecule has 0 aliphatic carbocycles. The van der Waals surface area contributed by atoms with Crippen LogP contribution in [-0.2, 0) is 0 Å². The fourth-order valence-corrected chi connectivity index (χ4v) is 1.78. The van der Waals surface area contributed by atoms with Gasteiger partial charge in [0.15, 0.2) is 0 Å². The highest BCUT2D eigenvalue weighted by Crippen LogP contribution is 2.06. The van der Waals surface area contributed by atoms with Gasteiger partial charge in [-0.15, -0.1) is 0 Å². The quantitative estimate of drug-likeness (QED) is 0.612. The monoisotopic (exact) mass is 187 g/mol. The Hall–Kier alpha value is -0.190. The highest BCUT2D eigenvalue weighted by Gasteiger charge is 2.21. The van der Waals surface area contributed by atoms with Gasteiger partial charge in [0.1, 0.15) is 0 Å². The van der Waals surface area contributed by atoms with Crippen molar-refractivity contribution in [2.45, 2.75) is 13.0 Å². The van der Waals surface area contributed by atoms with Crippen LogP contribution >= 0.6 is 12.2 Å². The first-order valence-corrected chi connectivity index (χ1v) is 4.71. The van der Waals surface area contributed by atoms with Gasteiger partial charge in [-0.2, -0.15) is 0 Å². The van der Waals surface area contributed by atoms with Crippen molar-refractivity contribution in [3.8, 4) is 0 Å². The summed E-state index contributed by atoms with van der Waals surface area (Å²) in [5, 5.41) is 0. The van der Waals surface area contributed by atoms with Crippen molar-refractivity contribution in [2.75, 3.05) is 33.2 Å². The van der Waals surface area contributed by atoms with E-state index in [1.54, 1.807) is 0 Å². The fourth-order valence-electron chi connectivity index (χ4n) is 1.61. The molecule has 12 heavy (non-hydrogen) atoms. The Kier molecular flexibility index (Phi) is 3.43. The van der Waals surface area contributed by atoms with Crippen LogP contribution in [0.25, 0.3) is 0 Å². The maximum atomic E-state index is 5.50. The van der Waals surface area contributed by atoms with E-state index in [1.807, 2.05) is 0 Å². The Bertz CT molecular complexity index is 172. The minimum Gasteiger partial charge on any atom is -0.392 e. The van der Waals surface area contributed by atoms with E-state index in [2.05, 4.69) is 23.8 Å². The summed E-state index contributed by atoms with van der Waals surface area (Å²) in [7, 11) is 2.15. The lowest BCUT2D eigenvalue weighted by molar-refractivity contribution is 0.115. The molecular weight excluding hydrogens is 170 g/mol. The second-order valence-electron chi connectivity index (χ2n) is 3.55. The molecule has 1 unspecified atom stereocenters. The van der Waals surface area contributed by atoms with E-state index < -0.39 is 0 Å². The van der Waals surface area contributed by atoms with Crippen LogP contribution in [0.3, 0.4) is 0 Å². The molecule has 0 saturated carbocycles. The van der Waals surface area contributed by atoms with E-state index in [4.69, 9.17) is 18.0 Å². The average Bonchev–Trinajstić information content (AvgIpc) is 1.94. The van der Waals surface area contributed by atoms with Crippen molar-refractivity contribution >= 4 is 17.2 Å². The molecule has 0 aromatic rings. The highest BCUT2D eigenvalue weighted by molar-refractivity contribution is 7.80. The molecule has 4 heteroatoms. The third kappa shape index (κ3) is 2.69. The second kappa shape index (κ2) is 4.16. The minimum absolute atomic E-state index is 0.574. The number of thiocarbonyl (C=S) groups is 1. The number of nitrogens with two attached hydrogens (primary N) is 1. The molecule has 1 aliphatic heterocycles. The first-order chi connectivity index (χ1) is 5.59. The molecule has 0 amide bonds. The van der Waals surface area contributed by atoms with Crippen LogP contribution in [0.1, 0.15) is 6.92 Å². The maximum absolute atomic E-state index is 5.50. The molecule has 3 nitrogen and oxygen atoms in total. The molecule has 1 saturated heterocycles. The number of rotatable bonds is 2. The molecule has 1 atom stereocenters. The van der Waals surface area contributed by atoms with Crippen molar-refractivity contribution in [3.05, 3.63) is 0 Å². The summed E-state index contributed by atoms with van der Waals surface area (Å²) >= 11 is 4.88. The third-order valence-electron chi connectivity index (χ3n) is 2.33. The van der Waals surface area contributed by atoms with E-state index in [-0.39, 0.29) is 0 Å². The lowest BCUT2D eigenvalue weighted by Gasteiger charge is -2.37. The Labute approximate surface area is 79.5 Å². The van der Waals surface area contributed by atoms with Gasteiger partial charge in [-0.3, -0.25) is 4.90 Å². The molecular formula is C8H17N3S. The lowest BCUT2D eigenvalue weighted by Crippen LogP contribution is -2.52. The Morgan fingerprint density at radius 2 is 2.25 bits per heavy atom. The van der Waals surface area contributed by atoms with Gasteiger partial charge < -0.3 is 10.6 Å². The van der Waals surface area contributed by atoms with Crippen LogP contribution in [0.5, 0.6) is 0 Å². The third-order valence-corrected chi connectivity index (χ3v) is 2.46. The summed E-state index contributed by atoms with van der Waals surface area (Å²) in [4.78, 5) is 5.27. The van der Waals surface area contributed by atoms with Crippen LogP contribution in [-0.4, -0.2) is 54.1 Å². The molecule has 2 N–H and O–H groups in total. The Morgan fingerprint density at radius 3 is 2.75 bits per heavy atom. The van der Waals surface area contributed by atoms with E-state index in [1.165, 1.54) is 0 Å². The van der Waals surface area contributed by atoms with Gasteiger partial charge in [0.2, 0.25) is 0 Å². The molecule has 0 spiro atoms. The number of hydrogen-bond acceptors (Lipinski definition) is 3. The van der Waals surface area contributed by atoms with Crippen LogP contribution < -0.4 is 5.73 Å². The highest BCUT2D eigenvalue weighted by atomic mass is 32.1. The van der Waals surface area contributed by atoms with E-state index in [0.717, 1.165) is 26.2 Å². The number of piperazine rings is 1. The van der Waals surface area contributed by atoms with E-state index in [0.29, 0.717) is 11.0 Å². The SMILES string of the molecule is CC1CN(C)CCN1CC(N)=S. The number of nitrogens with zero attached hydrogens (tertiary/aromatic N) is 2. The van der Waals surface area contributed by atoms with Crippen molar-refractivity contribution in [1.29, 1.82) is 0 Å². The van der Waals surface area contributed by atoms with Crippen LogP contribution in [0.15, 0.2) is 0 Å². The van der Waals surface area contributed by atoms with Gasteiger partial charge in [-0.05, 0) is 14.0 Å². The summed E-state index contributed by atoms with van der Waals surface area (Å²) in [6.07, 6.45) is 0. The zero-order valence-corrected chi connectivity index (χ0v) is 8.60. The van der Waals surface area contributed by atoms with Crippen molar-refractivity contribution in [3.63, 3.8) is 0 Å². The first kappa shape index (κ1) is 9.89. The Balaban J connectivity index is 2.39. The van der Waals surface area contributed by atoms with E-state index in [9.17, 15) is 0 Å². The van der Waals surface area contributed by atoms with Gasteiger partial charge >= 0.3 is 0 Å². The van der Waals surface area contributed by atoms with Crippen LogP contribution in [0.4, 0.5) is 0 Å². The molecule has 1 aliphatic rings. The largest absolute Gasteiger partial charge is 0.392 e. The van der Waals surface area contributed by atoms with Gasteiger partial charge in [-0.25, -0.2) is 0 Å². The molecule has 70 valence electrons. The Morgan fingerprint density at radius 1 is 1.58 bits per heavy atom. The molecule has 1 heterocycles. The zero-order chi connectivity index (χ0) is 9.14. The van der Waals surface area contributed by atoms with Crippen LogP contribution in [0, 0.1) is 0 Å². The van der Waals surface area contributed by atoms with Crippen LogP contribution in [0.2, 0.25) is 0 Å². The topological polar surface area (TPSA) is 32.5 Å². The first-order valence-electron chi connectivity index (χ1n) is 4.30. The minimum atomic E-state index is 0.574. The van der Waals surface area contributed by atoms with Gasteiger partial charge in [0, 0.05) is 32.2 Å². The summed E-state index contributed by atoms with van der Waals surface area (Å²) in [6, 6.07) is 0.574. The second-order valence-corrected chi connectivity index (χ2v) is 4.07. The van der Waals surface area contributed by atoms with Crippen molar-refractivity contribution in [2.24, 2.45) is 5.73 Å². The lowest BCUT2D eigenvalue weighted by atomic mass is 10.2. The smallest absolute Gasteiger partial charge is 0.0870 e. The fraction of sp³-hybridized carbons (Fsp3) is 0.875. The summed E-state index contributed by atoms with van der Waals surface area (Å²) in [6.45, 7) is 6.29. The van der Waals surface area contributed by atoms with Gasteiger partial charge in [0.25, 0.3) is 0 Å². The molecule has 0 aromatic heterocycles. The predicted octanol–water partition coefficient (Wildman–Crippen LogP) is -0.0916. The number of hydrogen-bond donors (Lipinski definition) is 1. The van der Waals surface area contributed by atoms with Gasteiger partial charge in [-0.1, -0.05) is 12.2 Å². The summed E-state index contributed by atoms with van der Waals surface area (Å²) < 4.78 is 0. The predicted molar refractivity (Wildman–Crippen MR) is 55.3 cm³/mol. The normalized spacial score (nSPS) is 27.3. The van der Waals surface area contributed by atoms with Crippen molar-refractivity contribution < 1.29 is 0 Å². The van der Waals surface area contributed by atoms with E-state index >= 15 is 0 Å². The molecule has 0 aromatic carbocycles. The van der Waals surface area contributed by atoms with Gasteiger partial charge in [0.05, 0.1) is 4.99 Å².